The second-order valence-electron chi connectivity index (χ2n) is 7.19. The first kappa shape index (κ1) is 19.5. The van der Waals surface area contributed by atoms with Crippen molar-refractivity contribution in [1.29, 1.82) is 0 Å². The van der Waals surface area contributed by atoms with E-state index in [1.54, 1.807) is 14.2 Å². The van der Waals surface area contributed by atoms with Crippen molar-refractivity contribution in [2.45, 2.75) is 45.1 Å². The topological polar surface area (TPSA) is 49.0 Å². The van der Waals surface area contributed by atoms with Gasteiger partial charge in [0.2, 0.25) is 0 Å². The van der Waals surface area contributed by atoms with Crippen LogP contribution >= 0.6 is 0 Å². The van der Waals surface area contributed by atoms with E-state index >= 15 is 0 Å². The van der Waals surface area contributed by atoms with Crippen molar-refractivity contribution in [3.8, 4) is 11.5 Å². The Bertz CT molecular complexity index is 757. The minimum Gasteiger partial charge on any atom is -0.497 e. The van der Waals surface area contributed by atoms with Gasteiger partial charge in [0.1, 0.15) is 29.3 Å². The molecule has 1 N–H and O–H groups in total. The van der Waals surface area contributed by atoms with Crippen LogP contribution in [-0.4, -0.2) is 32.5 Å². The van der Waals surface area contributed by atoms with E-state index in [0.717, 1.165) is 29.3 Å². The van der Waals surface area contributed by atoms with E-state index in [1.807, 2.05) is 45.0 Å². The van der Waals surface area contributed by atoms with Gasteiger partial charge in [-0.15, -0.1) is 0 Å². The summed E-state index contributed by atoms with van der Waals surface area (Å²) < 4.78 is 23.2. The molecule has 5 nitrogen and oxygen atoms in total. The van der Waals surface area contributed by atoms with Crippen molar-refractivity contribution in [2.75, 3.05) is 26.1 Å². The van der Waals surface area contributed by atoms with Gasteiger partial charge < -0.3 is 24.3 Å². The van der Waals surface area contributed by atoms with E-state index in [2.05, 4.69) is 23.5 Å². The van der Waals surface area contributed by atoms with Crippen LogP contribution in [0.2, 0.25) is 0 Å². The van der Waals surface area contributed by atoms with Crippen LogP contribution in [0, 0.1) is 0 Å². The number of ether oxygens (including phenoxy) is 4. The van der Waals surface area contributed by atoms with Crippen molar-refractivity contribution in [3.05, 3.63) is 53.6 Å². The first-order valence-corrected chi connectivity index (χ1v) is 9.32. The lowest BCUT2D eigenvalue weighted by Gasteiger charge is -2.43. The van der Waals surface area contributed by atoms with Crippen LogP contribution < -0.4 is 14.8 Å². The van der Waals surface area contributed by atoms with Crippen molar-refractivity contribution in [3.63, 3.8) is 0 Å². The molecule has 1 heterocycles. The van der Waals surface area contributed by atoms with Gasteiger partial charge >= 0.3 is 0 Å². The summed E-state index contributed by atoms with van der Waals surface area (Å²) in [7, 11) is 3.38. The molecule has 0 spiro atoms. The van der Waals surface area contributed by atoms with Crippen molar-refractivity contribution >= 4 is 5.69 Å². The molecule has 0 bridgehead atoms. The average molecular weight is 371 g/mol. The second-order valence-corrected chi connectivity index (χ2v) is 7.19. The van der Waals surface area contributed by atoms with E-state index in [-0.39, 0.29) is 12.2 Å². The normalized spacial score (nSPS) is 20.5. The molecule has 27 heavy (non-hydrogen) atoms. The van der Waals surface area contributed by atoms with Gasteiger partial charge in [0.25, 0.3) is 0 Å². The highest BCUT2D eigenvalue weighted by Crippen LogP contribution is 2.44. The summed E-state index contributed by atoms with van der Waals surface area (Å²) in [6, 6.07) is 14.2. The molecule has 146 valence electrons. The van der Waals surface area contributed by atoms with Crippen molar-refractivity contribution in [2.24, 2.45) is 0 Å². The van der Waals surface area contributed by atoms with Gasteiger partial charge in [-0.1, -0.05) is 12.1 Å². The molecule has 0 amide bonds. The summed E-state index contributed by atoms with van der Waals surface area (Å²) in [6.45, 7) is 7.41. The maximum Gasteiger partial charge on any atom is 0.132 e. The van der Waals surface area contributed by atoms with Gasteiger partial charge in [-0.25, -0.2) is 0 Å². The SMILES string of the molecule is CCOC1c2cc(NCc3ccc(OC)cc3)ccc2OC(C)(C)C1OC. The summed E-state index contributed by atoms with van der Waals surface area (Å²) in [5.41, 5.74) is 2.76. The summed E-state index contributed by atoms with van der Waals surface area (Å²) in [4.78, 5) is 0. The highest BCUT2D eigenvalue weighted by Gasteiger charge is 2.44. The van der Waals surface area contributed by atoms with E-state index < -0.39 is 5.60 Å². The Hall–Kier alpha value is -2.24. The minimum atomic E-state index is -0.459. The van der Waals surface area contributed by atoms with Crippen LogP contribution in [0.3, 0.4) is 0 Å². The van der Waals surface area contributed by atoms with Crippen LogP contribution in [0.4, 0.5) is 5.69 Å². The quantitative estimate of drug-likeness (QED) is 0.772. The van der Waals surface area contributed by atoms with Crippen LogP contribution in [0.25, 0.3) is 0 Å². The Morgan fingerprint density at radius 1 is 1.07 bits per heavy atom. The average Bonchev–Trinajstić information content (AvgIpc) is 2.66. The Labute approximate surface area is 161 Å². The van der Waals surface area contributed by atoms with Gasteiger partial charge in [-0.2, -0.15) is 0 Å². The number of anilines is 1. The van der Waals surface area contributed by atoms with Gasteiger partial charge in [-0.3, -0.25) is 0 Å². The molecule has 0 aromatic heterocycles. The fourth-order valence-electron chi connectivity index (χ4n) is 3.55. The van der Waals surface area contributed by atoms with Crippen LogP contribution in [-0.2, 0) is 16.0 Å². The number of nitrogens with one attached hydrogen (secondary N) is 1. The zero-order chi connectivity index (χ0) is 19.4. The van der Waals surface area contributed by atoms with E-state index in [4.69, 9.17) is 18.9 Å². The molecule has 2 aromatic rings. The monoisotopic (exact) mass is 371 g/mol. The first-order chi connectivity index (χ1) is 13.0. The van der Waals surface area contributed by atoms with Crippen LogP contribution in [0.15, 0.2) is 42.5 Å². The van der Waals surface area contributed by atoms with Gasteiger partial charge in [0.15, 0.2) is 0 Å². The molecule has 0 saturated carbocycles. The first-order valence-electron chi connectivity index (χ1n) is 9.32. The number of hydrogen-bond acceptors (Lipinski definition) is 5. The molecule has 3 rings (SSSR count). The summed E-state index contributed by atoms with van der Waals surface area (Å²) >= 11 is 0. The van der Waals surface area contributed by atoms with E-state index in [9.17, 15) is 0 Å². The number of rotatable bonds is 7. The van der Waals surface area contributed by atoms with E-state index in [0.29, 0.717) is 6.61 Å². The standard InChI is InChI=1S/C22H29NO4/c1-6-26-20-18-13-16(23-14-15-7-10-17(24-4)11-8-15)9-12-19(18)27-22(2,3)21(20)25-5/h7-13,20-21,23H,6,14H2,1-5H3. The molecule has 0 fully saturated rings. The van der Waals surface area contributed by atoms with Crippen molar-refractivity contribution in [1.82, 2.24) is 0 Å². The Kier molecular flexibility index (Phi) is 5.92. The number of fused-ring (bicyclic) bond motifs is 1. The molecule has 5 heteroatoms. The number of hydrogen-bond donors (Lipinski definition) is 1. The fraction of sp³-hybridized carbons (Fsp3) is 0.455. The van der Waals surface area contributed by atoms with Crippen molar-refractivity contribution < 1.29 is 18.9 Å². The Balaban J connectivity index is 1.80. The second kappa shape index (κ2) is 8.19. The molecule has 0 radical (unpaired) electrons. The van der Waals surface area contributed by atoms with Gasteiger partial charge in [0, 0.05) is 31.5 Å². The highest BCUT2D eigenvalue weighted by atomic mass is 16.6. The molecule has 2 atom stereocenters. The fourth-order valence-corrected chi connectivity index (χ4v) is 3.55. The molecular formula is C22H29NO4. The molecule has 2 unspecified atom stereocenters. The lowest BCUT2D eigenvalue weighted by atomic mass is 9.88. The third kappa shape index (κ3) is 4.20. The summed E-state index contributed by atoms with van der Waals surface area (Å²) in [5, 5.41) is 3.47. The van der Waals surface area contributed by atoms with Gasteiger partial charge in [0.05, 0.1) is 7.11 Å². The maximum absolute atomic E-state index is 6.20. The molecule has 0 saturated heterocycles. The zero-order valence-corrected chi connectivity index (χ0v) is 16.7. The summed E-state index contributed by atoms with van der Waals surface area (Å²) in [6.07, 6.45) is -0.344. The zero-order valence-electron chi connectivity index (χ0n) is 16.7. The smallest absolute Gasteiger partial charge is 0.132 e. The lowest BCUT2D eigenvalue weighted by molar-refractivity contribution is -0.148. The molecule has 2 aromatic carbocycles. The van der Waals surface area contributed by atoms with Crippen LogP contribution in [0.5, 0.6) is 11.5 Å². The third-order valence-corrected chi connectivity index (χ3v) is 4.91. The lowest BCUT2D eigenvalue weighted by Crippen LogP contribution is -2.50. The molecule has 1 aliphatic heterocycles. The van der Waals surface area contributed by atoms with Crippen LogP contribution in [0.1, 0.15) is 38.0 Å². The molecular weight excluding hydrogens is 342 g/mol. The number of methoxy groups -OCH3 is 2. The highest BCUT2D eigenvalue weighted by molar-refractivity contribution is 5.54. The third-order valence-electron chi connectivity index (χ3n) is 4.91. The number of benzene rings is 2. The predicted octanol–water partition coefficient (Wildman–Crippen LogP) is 4.57. The maximum atomic E-state index is 6.20. The largest absolute Gasteiger partial charge is 0.497 e. The predicted molar refractivity (Wildman–Crippen MR) is 107 cm³/mol. The summed E-state index contributed by atoms with van der Waals surface area (Å²) in [5.74, 6) is 1.71. The Morgan fingerprint density at radius 3 is 2.44 bits per heavy atom. The molecule has 0 aliphatic carbocycles. The minimum absolute atomic E-state index is 0.165. The Morgan fingerprint density at radius 2 is 1.81 bits per heavy atom. The molecule has 1 aliphatic rings. The van der Waals surface area contributed by atoms with Gasteiger partial charge in [-0.05, 0) is 56.7 Å². The van der Waals surface area contributed by atoms with E-state index in [1.165, 1.54) is 5.56 Å².